The van der Waals surface area contributed by atoms with Crippen molar-refractivity contribution in [3.8, 4) is 0 Å². The fourth-order valence-corrected chi connectivity index (χ4v) is 0.979. The molecular weight excluding hydrogens is 174 g/mol. The van der Waals surface area contributed by atoms with Crippen molar-refractivity contribution in [3.05, 3.63) is 41.4 Å². The average Bonchev–Trinajstić information content (AvgIpc) is 2.05. The number of alkyl halides is 1. The van der Waals surface area contributed by atoms with Crippen LogP contribution in [0.25, 0.3) is 6.08 Å². The van der Waals surface area contributed by atoms with Crippen molar-refractivity contribution < 1.29 is 4.73 Å². The Balaban J connectivity index is 2.63. The van der Waals surface area contributed by atoms with Crippen molar-refractivity contribution in [1.82, 2.24) is 0 Å². The molecule has 1 aromatic rings. The molecule has 0 aromatic carbocycles. The van der Waals surface area contributed by atoms with Gasteiger partial charge >= 0.3 is 0 Å². The van der Waals surface area contributed by atoms with Gasteiger partial charge in [0.2, 0.25) is 0 Å². The van der Waals surface area contributed by atoms with Crippen LogP contribution in [-0.2, 0) is 0 Å². The normalized spacial score (nSPS) is 10.8. The number of rotatable bonds is 3. The summed E-state index contributed by atoms with van der Waals surface area (Å²) in [6.45, 7) is 0. The number of hydrogen-bond donors (Lipinski definition) is 0. The monoisotopic (exact) mass is 183 g/mol. The molecule has 1 heterocycles. The SMILES string of the molecule is [O-][n+]1cccc(C=CCCCl)c1. The van der Waals surface area contributed by atoms with Crippen LogP contribution >= 0.6 is 11.6 Å². The second-order valence-corrected chi connectivity index (χ2v) is 2.76. The molecule has 0 aliphatic heterocycles. The second-order valence-electron chi connectivity index (χ2n) is 2.38. The summed E-state index contributed by atoms with van der Waals surface area (Å²) < 4.78 is 0.778. The first-order valence-corrected chi connectivity index (χ1v) is 4.28. The third-order valence-corrected chi connectivity index (χ3v) is 1.60. The number of hydrogen-bond acceptors (Lipinski definition) is 1. The fourth-order valence-electron chi connectivity index (χ4n) is 0.853. The third kappa shape index (κ3) is 2.93. The minimum Gasteiger partial charge on any atom is -0.619 e. The molecule has 0 saturated heterocycles. The highest BCUT2D eigenvalue weighted by Crippen LogP contribution is 1.99. The number of nitrogens with zero attached hydrogens (tertiary/aromatic N) is 1. The van der Waals surface area contributed by atoms with Gasteiger partial charge in [-0.15, -0.1) is 11.6 Å². The minimum absolute atomic E-state index is 0.612. The maximum Gasteiger partial charge on any atom is 0.187 e. The van der Waals surface area contributed by atoms with Gasteiger partial charge in [0.1, 0.15) is 0 Å². The molecule has 64 valence electrons. The van der Waals surface area contributed by atoms with E-state index in [0.29, 0.717) is 5.88 Å². The van der Waals surface area contributed by atoms with Crippen LogP contribution in [0.15, 0.2) is 30.6 Å². The Morgan fingerprint density at radius 2 is 2.42 bits per heavy atom. The molecule has 0 unspecified atom stereocenters. The molecule has 0 amide bonds. The summed E-state index contributed by atoms with van der Waals surface area (Å²) in [5.74, 6) is 0.612. The van der Waals surface area contributed by atoms with Crippen molar-refractivity contribution in [3.63, 3.8) is 0 Å². The van der Waals surface area contributed by atoms with Crippen LogP contribution in [0.4, 0.5) is 0 Å². The van der Waals surface area contributed by atoms with Crippen LogP contribution in [0, 0.1) is 5.21 Å². The Hall–Kier alpha value is -1.02. The van der Waals surface area contributed by atoms with E-state index >= 15 is 0 Å². The average molecular weight is 184 g/mol. The van der Waals surface area contributed by atoms with Crippen LogP contribution in [-0.4, -0.2) is 5.88 Å². The lowest BCUT2D eigenvalue weighted by Gasteiger charge is -1.94. The Morgan fingerprint density at radius 3 is 3.08 bits per heavy atom. The quantitative estimate of drug-likeness (QED) is 0.400. The molecule has 0 radical (unpaired) electrons. The molecule has 3 heteroatoms. The highest BCUT2D eigenvalue weighted by atomic mass is 35.5. The predicted octanol–water partition coefficient (Wildman–Crippen LogP) is 1.96. The first-order valence-electron chi connectivity index (χ1n) is 3.74. The topological polar surface area (TPSA) is 26.9 Å². The maximum absolute atomic E-state index is 10.8. The van der Waals surface area contributed by atoms with E-state index in [4.69, 9.17) is 11.6 Å². The van der Waals surface area contributed by atoms with Gasteiger partial charge in [0.25, 0.3) is 0 Å². The zero-order chi connectivity index (χ0) is 8.81. The molecule has 12 heavy (non-hydrogen) atoms. The molecule has 1 rings (SSSR count). The highest BCUT2D eigenvalue weighted by Gasteiger charge is 1.90. The number of pyridine rings is 1. The molecule has 0 aliphatic rings. The number of halogens is 1. The largest absolute Gasteiger partial charge is 0.619 e. The van der Waals surface area contributed by atoms with E-state index in [1.807, 2.05) is 18.2 Å². The van der Waals surface area contributed by atoms with Crippen LogP contribution in [0.2, 0.25) is 0 Å². The van der Waals surface area contributed by atoms with E-state index in [9.17, 15) is 5.21 Å². The molecule has 0 saturated carbocycles. The summed E-state index contributed by atoms with van der Waals surface area (Å²) in [6.07, 6.45) is 7.64. The Kier molecular flexibility index (Phi) is 3.61. The van der Waals surface area contributed by atoms with E-state index < -0.39 is 0 Å². The van der Waals surface area contributed by atoms with Gasteiger partial charge in [0, 0.05) is 17.5 Å². The Bertz CT molecular complexity index is 273. The van der Waals surface area contributed by atoms with Crippen LogP contribution in [0.1, 0.15) is 12.0 Å². The summed E-state index contributed by atoms with van der Waals surface area (Å²) in [6, 6.07) is 3.59. The lowest BCUT2D eigenvalue weighted by molar-refractivity contribution is -0.605. The first kappa shape index (κ1) is 9.07. The Labute approximate surface area is 76.7 Å². The van der Waals surface area contributed by atoms with Crippen molar-refractivity contribution >= 4 is 17.7 Å². The van der Waals surface area contributed by atoms with Gasteiger partial charge in [0.05, 0.1) is 0 Å². The third-order valence-electron chi connectivity index (χ3n) is 1.38. The first-order chi connectivity index (χ1) is 5.83. The van der Waals surface area contributed by atoms with Crippen LogP contribution in [0.5, 0.6) is 0 Å². The fraction of sp³-hybridized carbons (Fsp3) is 0.222. The van der Waals surface area contributed by atoms with Crippen molar-refractivity contribution in [1.29, 1.82) is 0 Å². The van der Waals surface area contributed by atoms with E-state index in [0.717, 1.165) is 16.7 Å². The van der Waals surface area contributed by atoms with Gasteiger partial charge in [-0.05, 0) is 12.5 Å². The summed E-state index contributed by atoms with van der Waals surface area (Å²) >= 11 is 5.48. The van der Waals surface area contributed by atoms with Gasteiger partial charge in [-0.1, -0.05) is 12.2 Å². The standard InChI is InChI=1S/C9H10ClNO/c10-6-2-1-4-9-5-3-7-11(12)8-9/h1,3-5,7-8H,2,6H2. The Morgan fingerprint density at radius 1 is 1.58 bits per heavy atom. The maximum atomic E-state index is 10.8. The van der Waals surface area contributed by atoms with Gasteiger partial charge in [0.15, 0.2) is 12.4 Å². The zero-order valence-corrected chi connectivity index (χ0v) is 7.37. The molecule has 0 aliphatic carbocycles. The van der Waals surface area contributed by atoms with E-state index in [1.165, 1.54) is 12.4 Å². The van der Waals surface area contributed by atoms with Crippen molar-refractivity contribution in [2.24, 2.45) is 0 Å². The van der Waals surface area contributed by atoms with Crippen LogP contribution < -0.4 is 4.73 Å². The number of allylic oxidation sites excluding steroid dienone is 1. The van der Waals surface area contributed by atoms with Crippen molar-refractivity contribution in [2.45, 2.75) is 6.42 Å². The molecule has 0 fully saturated rings. The summed E-state index contributed by atoms with van der Waals surface area (Å²) in [5.41, 5.74) is 0.901. The van der Waals surface area contributed by atoms with Crippen molar-refractivity contribution in [2.75, 3.05) is 5.88 Å². The van der Waals surface area contributed by atoms with Gasteiger partial charge in [-0.2, -0.15) is 4.73 Å². The van der Waals surface area contributed by atoms with Crippen LogP contribution in [0.3, 0.4) is 0 Å². The molecule has 1 aromatic heterocycles. The molecule has 0 spiro atoms. The van der Waals surface area contributed by atoms with Gasteiger partial charge in [-0.25, -0.2) is 0 Å². The van der Waals surface area contributed by atoms with Gasteiger partial charge < -0.3 is 5.21 Å². The molecule has 0 bridgehead atoms. The lowest BCUT2D eigenvalue weighted by Crippen LogP contribution is -2.24. The molecule has 2 nitrogen and oxygen atoms in total. The summed E-state index contributed by atoms with van der Waals surface area (Å²) in [7, 11) is 0. The molecular formula is C9H10ClNO. The smallest absolute Gasteiger partial charge is 0.187 e. The molecule has 0 atom stereocenters. The summed E-state index contributed by atoms with van der Waals surface area (Å²) in [4.78, 5) is 0. The molecule has 0 N–H and O–H groups in total. The lowest BCUT2D eigenvalue weighted by atomic mass is 10.2. The van der Waals surface area contributed by atoms with E-state index in [-0.39, 0.29) is 0 Å². The van der Waals surface area contributed by atoms with E-state index in [2.05, 4.69) is 0 Å². The van der Waals surface area contributed by atoms with E-state index in [1.54, 1.807) is 6.07 Å². The highest BCUT2D eigenvalue weighted by molar-refractivity contribution is 6.17. The summed E-state index contributed by atoms with van der Waals surface area (Å²) in [5, 5.41) is 10.8. The minimum atomic E-state index is 0.612. The number of aromatic nitrogens is 1. The predicted molar refractivity (Wildman–Crippen MR) is 49.8 cm³/mol. The zero-order valence-electron chi connectivity index (χ0n) is 6.61. The van der Waals surface area contributed by atoms with Gasteiger partial charge in [-0.3, -0.25) is 0 Å². The second kappa shape index (κ2) is 4.78.